The van der Waals surface area contributed by atoms with Gasteiger partial charge in [-0.25, -0.2) is 8.78 Å². The number of nitrogens with zero attached hydrogens (tertiary/aromatic N) is 1. The Kier molecular flexibility index (Phi) is 10.2. The van der Waals surface area contributed by atoms with E-state index in [0.717, 1.165) is 56.2 Å². The van der Waals surface area contributed by atoms with Gasteiger partial charge in [0.15, 0.2) is 0 Å². The van der Waals surface area contributed by atoms with Crippen molar-refractivity contribution < 1.29 is 28.1 Å². The Balaban J connectivity index is 1.02. The lowest BCUT2D eigenvalue weighted by atomic mass is 9.92. The largest absolute Gasteiger partial charge is 0.489 e. The summed E-state index contributed by atoms with van der Waals surface area (Å²) in [5, 5.41) is 10.4. The Labute approximate surface area is 263 Å². The monoisotopic (exact) mass is 623 g/mol. The van der Waals surface area contributed by atoms with Crippen LogP contribution >= 0.6 is 11.8 Å². The van der Waals surface area contributed by atoms with Crippen LogP contribution in [0.1, 0.15) is 79.1 Å². The summed E-state index contributed by atoms with van der Waals surface area (Å²) in [6.07, 6.45) is 6.94. The number of ether oxygens (including phenoxy) is 3. The molecule has 3 fully saturated rings. The van der Waals surface area contributed by atoms with Crippen LogP contribution < -0.4 is 4.74 Å². The molecule has 3 aromatic carbocycles. The van der Waals surface area contributed by atoms with Gasteiger partial charge in [0.1, 0.15) is 28.9 Å². The molecule has 3 aromatic rings. The summed E-state index contributed by atoms with van der Waals surface area (Å²) < 4.78 is 46.5. The SMILES string of the molecule is CCc1ccc(C2CC(O)CC(SC)O2)cc1Cc1ccc(OC2CCN(C3CCC(c4cc(F)ccc4F)OC3)C2)cc1. The molecular weight excluding hydrogens is 580 g/mol. The molecule has 6 unspecified atom stereocenters. The number of benzene rings is 3. The Bertz CT molecular complexity index is 1400. The Morgan fingerprint density at radius 1 is 0.955 bits per heavy atom. The third-order valence-electron chi connectivity index (χ3n) is 9.38. The van der Waals surface area contributed by atoms with Crippen molar-refractivity contribution in [2.24, 2.45) is 0 Å². The van der Waals surface area contributed by atoms with Crippen molar-refractivity contribution in [2.75, 3.05) is 26.0 Å². The first-order valence-corrected chi connectivity index (χ1v) is 17.2. The summed E-state index contributed by atoms with van der Waals surface area (Å²) in [4.78, 5) is 2.41. The van der Waals surface area contributed by atoms with Gasteiger partial charge in [-0.3, -0.25) is 4.90 Å². The lowest BCUT2D eigenvalue weighted by Crippen LogP contribution is -2.41. The number of aliphatic hydroxyl groups is 1. The van der Waals surface area contributed by atoms with Crippen LogP contribution in [0.4, 0.5) is 8.78 Å². The lowest BCUT2D eigenvalue weighted by molar-refractivity contribution is -0.0605. The molecule has 0 bridgehead atoms. The van der Waals surface area contributed by atoms with E-state index < -0.39 is 17.7 Å². The van der Waals surface area contributed by atoms with Gasteiger partial charge in [-0.05, 0) is 90.9 Å². The standard InChI is InChI=1S/C36H43F2NO4S/c1-3-24-6-7-25(35-19-29(40)20-36(43-35)44-2)17-26(24)16-23-4-10-30(11-5-23)42-31-14-15-39(21-31)28-9-13-34(41-22-28)32-18-27(37)8-12-33(32)38/h4-8,10-12,17-18,28-29,31,34-36,40H,3,9,13-16,19-22H2,1-2H3. The van der Waals surface area contributed by atoms with E-state index >= 15 is 0 Å². The zero-order valence-electron chi connectivity index (χ0n) is 25.6. The Morgan fingerprint density at radius 2 is 1.80 bits per heavy atom. The van der Waals surface area contributed by atoms with Crippen molar-refractivity contribution in [1.29, 1.82) is 0 Å². The predicted molar refractivity (Wildman–Crippen MR) is 170 cm³/mol. The number of aryl methyl sites for hydroxylation is 1. The number of thioether (sulfide) groups is 1. The fraction of sp³-hybridized carbons (Fsp3) is 0.500. The van der Waals surface area contributed by atoms with Crippen molar-refractivity contribution >= 4 is 11.8 Å². The minimum Gasteiger partial charge on any atom is -0.489 e. The van der Waals surface area contributed by atoms with Crippen LogP contribution in [0.25, 0.3) is 0 Å². The van der Waals surface area contributed by atoms with Crippen LogP contribution in [-0.4, -0.2) is 59.6 Å². The van der Waals surface area contributed by atoms with Gasteiger partial charge < -0.3 is 19.3 Å². The van der Waals surface area contributed by atoms with Gasteiger partial charge in [0.2, 0.25) is 0 Å². The minimum atomic E-state index is -0.435. The minimum absolute atomic E-state index is 0.0265. The summed E-state index contributed by atoms with van der Waals surface area (Å²) in [6, 6.07) is 18.9. The van der Waals surface area contributed by atoms with Gasteiger partial charge >= 0.3 is 0 Å². The molecule has 3 aliphatic rings. The van der Waals surface area contributed by atoms with Gasteiger partial charge in [-0.1, -0.05) is 37.3 Å². The van der Waals surface area contributed by atoms with Gasteiger partial charge in [0.25, 0.3) is 0 Å². The molecule has 0 aliphatic carbocycles. The fourth-order valence-electron chi connectivity index (χ4n) is 6.89. The van der Waals surface area contributed by atoms with Crippen LogP contribution in [0.5, 0.6) is 5.75 Å². The highest BCUT2D eigenvalue weighted by Gasteiger charge is 2.34. The maximum atomic E-state index is 14.2. The quantitative estimate of drug-likeness (QED) is 0.268. The van der Waals surface area contributed by atoms with Crippen LogP contribution in [0.2, 0.25) is 0 Å². The molecule has 8 heteroatoms. The molecule has 0 amide bonds. The number of hydrogen-bond donors (Lipinski definition) is 1. The summed E-state index contributed by atoms with van der Waals surface area (Å²) in [6.45, 7) is 4.46. The molecule has 3 heterocycles. The smallest absolute Gasteiger partial charge is 0.129 e. The molecule has 5 nitrogen and oxygen atoms in total. The van der Waals surface area contributed by atoms with Gasteiger partial charge in [-0.2, -0.15) is 0 Å². The van der Waals surface area contributed by atoms with Crippen LogP contribution in [0, 0.1) is 11.6 Å². The first kappa shape index (κ1) is 31.5. The average molecular weight is 624 g/mol. The van der Waals surface area contributed by atoms with Crippen molar-refractivity contribution in [3.63, 3.8) is 0 Å². The van der Waals surface area contributed by atoms with E-state index in [-0.39, 0.29) is 29.8 Å². The second kappa shape index (κ2) is 14.3. The zero-order valence-corrected chi connectivity index (χ0v) is 26.4. The summed E-state index contributed by atoms with van der Waals surface area (Å²) in [5.74, 6) is 0.0311. The van der Waals surface area contributed by atoms with E-state index in [1.165, 1.54) is 28.8 Å². The Morgan fingerprint density at radius 3 is 2.55 bits per heavy atom. The molecule has 3 aliphatic heterocycles. The van der Waals surface area contributed by atoms with Crippen molar-refractivity contribution in [1.82, 2.24) is 4.90 Å². The van der Waals surface area contributed by atoms with E-state index in [1.807, 2.05) is 6.26 Å². The zero-order chi connectivity index (χ0) is 30.6. The second-order valence-electron chi connectivity index (χ2n) is 12.4. The van der Waals surface area contributed by atoms with E-state index in [1.54, 1.807) is 11.8 Å². The van der Waals surface area contributed by atoms with Crippen LogP contribution in [0.15, 0.2) is 60.7 Å². The fourth-order valence-corrected chi connectivity index (χ4v) is 7.55. The molecule has 6 atom stereocenters. The predicted octanol–water partition coefficient (Wildman–Crippen LogP) is 7.39. The molecule has 0 saturated carbocycles. The van der Waals surface area contributed by atoms with E-state index in [4.69, 9.17) is 14.2 Å². The number of hydrogen-bond acceptors (Lipinski definition) is 6. The van der Waals surface area contributed by atoms with Crippen LogP contribution in [0.3, 0.4) is 0 Å². The van der Waals surface area contributed by atoms with Crippen molar-refractivity contribution in [2.45, 2.75) is 87.8 Å². The number of aliphatic hydroxyl groups excluding tert-OH is 1. The summed E-state index contributed by atoms with van der Waals surface area (Å²) in [5.41, 5.74) is 5.34. The number of halogens is 2. The second-order valence-corrected chi connectivity index (χ2v) is 13.4. The maximum Gasteiger partial charge on any atom is 0.129 e. The third kappa shape index (κ3) is 7.48. The first-order valence-electron chi connectivity index (χ1n) is 15.9. The Hall–Kier alpha value is -2.49. The lowest BCUT2D eigenvalue weighted by Gasteiger charge is -2.35. The first-order chi connectivity index (χ1) is 21.4. The summed E-state index contributed by atoms with van der Waals surface area (Å²) in [7, 11) is 0. The molecule has 0 spiro atoms. The highest BCUT2D eigenvalue weighted by atomic mass is 32.2. The van der Waals surface area contributed by atoms with Crippen molar-refractivity contribution in [3.05, 3.63) is 100 Å². The van der Waals surface area contributed by atoms with Crippen LogP contribution in [-0.2, 0) is 22.3 Å². The van der Waals surface area contributed by atoms with E-state index in [9.17, 15) is 13.9 Å². The molecule has 6 rings (SSSR count). The molecule has 44 heavy (non-hydrogen) atoms. The van der Waals surface area contributed by atoms with Gasteiger partial charge in [0.05, 0.1) is 24.9 Å². The molecule has 0 radical (unpaired) electrons. The van der Waals surface area contributed by atoms with E-state index in [2.05, 4.69) is 54.3 Å². The third-order valence-corrected chi connectivity index (χ3v) is 10.2. The van der Waals surface area contributed by atoms with Crippen molar-refractivity contribution in [3.8, 4) is 5.75 Å². The number of rotatable bonds is 9. The molecule has 1 N–H and O–H groups in total. The average Bonchev–Trinajstić information content (AvgIpc) is 3.51. The molecular formula is C36H43F2NO4S. The topological polar surface area (TPSA) is 51.2 Å². The van der Waals surface area contributed by atoms with E-state index in [0.29, 0.717) is 31.4 Å². The highest BCUT2D eigenvalue weighted by molar-refractivity contribution is 7.99. The molecule has 0 aromatic heterocycles. The summed E-state index contributed by atoms with van der Waals surface area (Å²) >= 11 is 1.66. The van der Waals surface area contributed by atoms with Gasteiger partial charge in [-0.15, -0.1) is 11.8 Å². The highest BCUT2D eigenvalue weighted by Crippen LogP contribution is 2.36. The maximum absolute atomic E-state index is 14.2. The van der Waals surface area contributed by atoms with Gasteiger partial charge in [0, 0.05) is 37.5 Å². The molecule has 236 valence electrons. The molecule has 3 saturated heterocycles. The number of likely N-dealkylation sites (tertiary alicyclic amines) is 1. The normalized spacial score (nSPS) is 27.8.